The first-order valence-electron chi connectivity index (χ1n) is 15.4. The Labute approximate surface area is 265 Å². The Morgan fingerprint density at radius 1 is 0.304 bits per heavy atom. The molecule has 0 atom stereocenters. The van der Waals surface area contributed by atoms with E-state index in [1.54, 1.807) is 0 Å². The zero-order valence-electron chi connectivity index (χ0n) is 24.8. The fourth-order valence-corrected chi connectivity index (χ4v) is 6.41. The molecule has 0 amide bonds. The van der Waals surface area contributed by atoms with Crippen LogP contribution in [0.4, 0.5) is 0 Å². The normalized spacial score (nSPS) is 11.5. The van der Waals surface area contributed by atoms with Gasteiger partial charge in [0.15, 0.2) is 5.82 Å². The van der Waals surface area contributed by atoms with Crippen LogP contribution >= 0.6 is 0 Å². The van der Waals surface area contributed by atoms with Gasteiger partial charge in [0.2, 0.25) is 0 Å². The van der Waals surface area contributed by atoms with E-state index in [2.05, 4.69) is 121 Å². The number of aromatic nitrogens is 4. The Hall–Kier alpha value is -6.26. The van der Waals surface area contributed by atoms with Crippen molar-refractivity contribution in [3.8, 4) is 45.2 Å². The average Bonchev–Trinajstić information content (AvgIpc) is 3.14. The Balaban J connectivity index is 1.28. The molecule has 9 aromatic rings. The molecule has 0 unspecified atom stereocenters. The minimum atomic E-state index is 0.687. The van der Waals surface area contributed by atoms with Gasteiger partial charge in [-0.15, -0.1) is 0 Å². The third-order valence-electron chi connectivity index (χ3n) is 8.67. The van der Waals surface area contributed by atoms with Gasteiger partial charge in [-0.05, 0) is 22.9 Å². The molecule has 0 bridgehead atoms. The lowest BCUT2D eigenvalue weighted by atomic mass is 10.00. The van der Waals surface area contributed by atoms with E-state index in [1.807, 2.05) is 36.4 Å². The van der Waals surface area contributed by atoms with Gasteiger partial charge in [-0.25, -0.2) is 19.9 Å². The van der Waals surface area contributed by atoms with Crippen molar-refractivity contribution >= 4 is 43.5 Å². The molecule has 46 heavy (non-hydrogen) atoms. The average molecular weight is 587 g/mol. The Morgan fingerprint density at radius 2 is 0.848 bits per heavy atom. The summed E-state index contributed by atoms with van der Waals surface area (Å²) in [6, 6.07) is 54.3. The summed E-state index contributed by atoms with van der Waals surface area (Å²) in [4.78, 5) is 20.8. The van der Waals surface area contributed by atoms with Crippen LogP contribution in [-0.2, 0) is 0 Å². The Kier molecular flexibility index (Phi) is 6.10. The smallest absolute Gasteiger partial charge is 0.160 e. The van der Waals surface area contributed by atoms with Crippen molar-refractivity contribution < 1.29 is 0 Å². The molecule has 0 aliphatic heterocycles. The van der Waals surface area contributed by atoms with Crippen LogP contribution in [0.15, 0.2) is 158 Å². The van der Waals surface area contributed by atoms with Crippen LogP contribution in [0.3, 0.4) is 0 Å². The van der Waals surface area contributed by atoms with E-state index in [9.17, 15) is 0 Å². The van der Waals surface area contributed by atoms with E-state index in [0.717, 1.165) is 72.0 Å². The molecule has 0 aliphatic rings. The molecule has 6 aromatic carbocycles. The molecule has 0 saturated heterocycles. The second-order valence-electron chi connectivity index (χ2n) is 11.5. The maximum atomic E-state index is 5.30. The largest absolute Gasteiger partial charge is 0.245 e. The van der Waals surface area contributed by atoms with Crippen molar-refractivity contribution in [1.82, 2.24) is 19.9 Å². The highest BCUT2D eigenvalue weighted by molar-refractivity contribution is 6.07. The standard InChI is InChI=1S/C42H26N4/c1-3-12-28(13-4-1)38-35-20-10-19-34(41(35)46-42(45-38)31-14-5-2-6-15-31)37-26-24-30-22-21-29-23-25-36(43-39(29)40(30)44-37)33-18-9-16-27-11-7-8-17-32(27)33/h1-26H. The van der Waals surface area contributed by atoms with Crippen LogP contribution < -0.4 is 0 Å². The lowest BCUT2D eigenvalue weighted by Gasteiger charge is -2.13. The second-order valence-corrected chi connectivity index (χ2v) is 11.5. The Morgan fingerprint density at radius 3 is 1.59 bits per heavy atom. The van der Waals surface area contributed by atoms with Gasteiger partial charge in [0.05, 0.1) is 33.6 Å². The van der Waals surface area contributed by atoms with Gasteiger partial charge < -0.3 is 0 Å². The third-order valence-corrected chi connectivity index (χ3v) is 8.67. The van der Waals surface area contributed by atoms with Gasteiger partial charge in [-0.2, -0.15) is 0 Å². The summed E-state index contributed by atoms with van der Waals surface area (Å²) < 4.78 is 0. The number of pyridine rings is 2. The summed E-state index contributed by atoms with van der Waals surface area (Å²) in [6.45, 7) is 0. The van der Waals surface area contributed by atoms with E-state index in [4.69, 9.17) is 19.9 Å². The summed E-state index contributed by atoms with van der Waals surface area (Å²) in [5.41, 5.74) is 9.39. The van der Waals surface area contributed by atoms with Gasteiger partial charge in [0, 0.05) is 38.4 Å². The third kappa shape index (κ3) is 4.39. The second kappa shape index (κ2) is 10.7. The molecule has 3 aromatic heterocycles. The molecular formula is C42H26N4. The summed E-state index contributed by atoms with van der Waals surface area (Å²) in [5.74, 6) is 0.687. The fraction of sp³-hybridized carbons (Fsp3) is 0. The highest BCUT2D eigenvalue weighted by Crippen LogP contribution is 2.36. The first-order valence-corrected chi connectivity index (χ1v) is 15.4. The van der Waals surface area contributed by atoms with Crippen molar-refractivity contribution in [2.75, 3.05) is 0 Å². The summed E-state index contributed by atoms with van der Waals surface area (Å²) >= 11 is 0. The molecule has 4 heteroatoms. The van der Waals surface area contributed by atoms with Gasteiger partial charge in [-0.3, -0.25) is 0 Å². The molecule has 9 rings (SSSR count). The highest BCUT2D eigenvalue weighted by atomic mass is 14.9. The quantitative estimate of drug-likeness (QED) is 0.193. The molecule has 4 nitrogen and oxygen atoms in total. The van der Waals surface area contributed by atoms with E-state index in [0.29, 0.717) is 5.82 Å². The summed E-state index contributed by atoms with van der Waals surface area (Å²) in [6.07, 6.45) is 0. The highest BCUT2D eigenvalue weighted by Gasteiger charge is 2.17. The first kappa shape index (κ1) is 26.2. The summed E-state index contributed by atoms with van der Waals surface area (Å²) in [7, 11) is 0. The lowest BCUT2D eigenvalue weighted by Crippen LogP contribution is -1.97. The van der Waals surface area contributed by atoms with E-state index < -0.39 is 0 Å². The van der Waals surface area contributed by atoms with E-state index >= 15 is 0 Å². The number of rotatable bonds is 4. The monoisotopic (exact) mass is 586 g/mol. The van der Waals surface area contributed by atoms with Crippen LogP contribution in [0, 0.1) is 0 Å². The fourth-order valence-electron chi connectivity index (χ4n) is 6.41. The predicted molar refractivity (Wildman–Crippen MR) is 189 cm³/mol. The van der Waals surface area contributed by atoms with Gasteiger partial charge in [0.25, 0.3) is 0 Å². The van der Waals surface area contributed by atoms with Crippen LogP contribution in [0.1, 0.15) is 0 Å². The lowest BCUT2D eigenvalue weighted by molar-refractivity contribution is 1.23. The van der Waals surface area contributed by atoms with Crippen molar-refractivity contribution in [2.24, 2.45) is 0 Å². The maximum absolute atomic E-state index is 5.30. The van der Waals surface area contributed by atoms with Crippen molar-refractivity contribution in [3.05, 3.63) is 158 Å². The van der Waals surface area contributed by atoms with E-state index in [1.165, 1.54) is 10.8 Å². The molecule has 214 valence electrons. The number of hydrogen-bond donors (Lipinski definition) is 0. The molecule has 0 saturated carbocycles. The first-order chi connectivity index (χ1) is 22.8. The van der Waals surface area contributed by atoms with Gasteiger partial charge in [0.1, 0.15) is 0 Å². The van der Waals surface area contributed by atoms with E-state index in [-0.39, 0.29) is 0 Å². The maximum Gasteiger partial charge on any atom is 0.160 e. The number of hydrogen-bond acceptors (Lipinski definition) is 4. The minimum absolute atomic E-state index is 0.687. The predicted octanol–water partition coefficient (Wildman–Crippen LogP) is 10.5. The number of fused-ring (bicyclic) bond motifs is 5. The summed E-state index contributed by atoms with van der Waals surface area (Å²) in [5, 5.41) is 5.47. The molecule has 0 spiro atoms. The van der Waals surface area contributed by atoms with Gasteiger partial charge in [-0.1, -0.05) is 146 Å². The van der Waals surface area contributed by atoms with Crippen molar-refractivity contribution in [2.45, 2.75) is 0 Å². The van der Waals surface area contributed by atoms with Crippen molar-refractivity contribution in [3.63, 3.8) is 0 Å². The number of para-hydroxylation sites is 1. The zero-order chi connectivity index (χ0) is 30.5. The van der Waals surface area contributed by atoms with Crippen LogP contribution in [0.2, 0.25) is 0 Å². The molecule has 0 fully saturated rings. The van der Waals surface area contributed by atoms with Crippen molar-refractivity contribution in [1.29, 1.82) is 0 Å². The topological polar surface area (TPSA) is 51.6 Å². The van der Waals surface area contributed by atoms with Crippen LogP contribution in [0.5, 0.6) is 0 Å². The van der Waals surface area contributed by atoms with Crippen LogP contribution in [-0.4, -0.2) is 19.9 Å². The number of nitrogens with zero attached hydrogens (tertiary/aromatic N) is 4. The SMILES string of the molecule is c1ccc(-c2nc(-c3ccccc3)c3cccc(-c4ccc5ccc6ccc(-c7cccc8ccccc78)nc6c5n4)c3n2)cc1. The molecule has 0 N–H and O–H groups in total. The number of benzene rings is 6. The molecular weight excluding hydrogens is 560 g/mol. The molecule has 0 radical (unpaired) electrons. The zero-order valence-corrected chi connectivity index (χ0v) is 24.8. The van der Waals surface area contributed by atoms with Crippen LogP contribution in [0.25, 0.3) is 88.6 Å². The molecule has 3 heterocycles. The molecule has 0 aliphatic carbocycles. The minimum Gasteiger partial charge on any atom is -0.245 e. The Bertz CT molecular complexity index is 2570. The van der Waals surface area contributed by atoms with Gasteiger partial charge >= 0.3 is 0 Å².